The van der Waals surface area contributed by atoms with E-state index >= 15 is 0 Å². The third kappa shape index (κ3) is 3.80. The standard InChI is InChI=1S/C27H28N6O3/c1-16(2)24-23-21(11-22(30-26(23)36-31-24)17-6-4-8-28-12-17)27(34)32-13-18-7-5-9-29-25(18)33-15-20(35-3)10-19(33)14-32/h4-9,11-12,16,19-20H,10,13-15H2,1-3H3/t19-,20-/m1/s1. The first kappa shape index (κ1) is 22.6. The van der Waals surface area contributed by atoms with E-state index in [0.717, 1.165) is 35.6 Å². The van der Waals surface area contributed by atoms with E-state index < -0.39 is 0 Å². The van der Waals surface area contributed by atoms with Crippen molar-refractivity contribution in [1.29, 1.82) is 0 Å². The van der Waals surface area contributed by atoms with Crippen LogP contribution in [0.5, 0.6) is 0 Å². The molecule has 1 amide bonds. The minimum atomic E-state index is -0.0739. The Morgan fingerprint density at radius 3 is 2.83 bits per heavy atom. The van der Waals surface area contributed by atoms with Crippen LogP contribution in [0.25, 0.3) is 22.4 Å². The van der Waals surface area contributed by atoms with Gasteiger partial charge in [-0.25, -0.2) is 9.97 Å². The number of fused-ring (bicyclic) bond motifs is 4. The monoisotopic (exact) mass is 484 g/mol. The van der Waals surface area contributed by atoms with E-state index in [2.05, 4.69) is 20.0 Å². The summed E-state index contributed by atoms with van der Waals surface area (Å²) in [6, 6.07) is 9.72. The minimum Gasteiger partial charge on any atom is -0.380 e. The average Bonchev–Trinajstić information content (AvgIpc) is 3.49. The van der Waals surface area contributed by atoms with Crippen LogP contribution in [-0.2, 0) is 11.3 Å². The molecule has 9 heteroatoms. The minimum absolute atomic E-state index is 0.0739. The average molecular weight is 485 g/mol. The zero-order chi connectivity index (χ0) is 24.8. The normalized spacial score (nSPS) is 19.4. The maximum atomic E-state index is 14.3. The third-order valence-corrected chi connectivity index (χ3v) is 7.14. The number of hydrogen-bond acceptors (Lipinski definition) is 8. The maximum absolute atomic E-state index is 14.3. The number of nitrogens with zero attached hydrogens (tertiary/aromatic N) is 6. The van der Waals surface area contributed by atoms with Gasteiger partial charge in [0.25, 0.3) is 11.6 Å². The first-order chi connectivity index (χ1) is 17.5. The zero-order valence-electron chi connectivity index (χ0n) is 20.6. The van der Waals surface area contributed by atoms with Crippen LogP contribution >= 0.6 is 0 Å². The molecule has 2 aliphatic rings. The van der Waals surface area contributed by atoms with Crippen LogP contribution in [0.3, 0.4) is 0 Å². The fraction of sp³-hybridized carbons (Fsp3) is 0.370. The molecule has 4 aromatic heterocycles. The summed E-state index contributed by atoms with van der Waals surface area (Å²) < 4.78 is 11.3. The lowest BCUT2D eigenvalue weighted by molar-refractivity contribution is 0.0728. The highest BCUT2D eigenvalue weighted by Crippen LogP contribution is 2.35. The number of carbonyl (C=O) groups excluding carboxylic acids is 1. The molecule has 0 bridgehead atoms. The summed E-state index contributed by atoms with van der Waals surface area (Å²) in [5, 5.41) is 4.96. The fourth-order valence-electron chi connectivity index (χ4n) is 5.34. The summed E-state index contributed by atoms with van der Waals surface area (Å²) in [5.41, 5.74) is 4.11. The topological polar surface area (TPSA) is 97.5 Å². The Bertz CT molecular complexity index is 1420. The summed E-state index contributed by atoms with van der Waals surface area (Å²) in [6.45, 7) is 5.89. The number of carbonyl (C=O) groups is 1. The Hall–Kier alpha value is -3.85. The second kappa shape index (κ2) is 8.98. The molecular weight excluding hydrogens is 456 g/mol. The van der Waals surface area contributed by atoms with Crippen molar-refractivity contribution >= 4 is 22.8 Å². The van der Waals surface area contributed by atoms with Crippen LogP contribution in [-0.4, -0.2) is 63.3 Å². The van der Waals surface area contributed by atoms with Gasteiger partial charge in [0.05, 0.1) is 34.5 Å². The van der Waals surface area contributed by atoms with Crippen LogP contribution in [0.1, 0.15) is 47.8 Å². The van der Waals surface area contributed by atoms with Gasteiger partial charge in [-0.05, 0) is 36.6 Å². The second-order valence-corrected chi connectivity index (χ2v) is 9.77. The number of hydrogen-bond donors (Lipinski definition) is 0. The van der Waals surface area contributed by atoms with Crippen molar-refractivity contribution in [3.63, 3.8) is 0 Å². The molecule has 6 heterocycles. The molecule has 1 fully saturated rings. The van der Waals surface area contributed by atoms with E-state index in [-0.39, 0.29) is 24.0 Å². The van der Waals surface area contributed by atoms with E-state index in [1.165, 1.54) is 0 Å². The van der Waals surface area contributed by atoms with Crippen molar-refractivity contribution in [2.24, 2.45) is 0 Å². The van der Waals surface area contributed by atoms with Crippen molar-refractivity contribution in [3.05, 3.63) is 65.7 Å². The summed E-state index contributed by atoms with van der Waals surface area (Å²) >= 11 is 0. The van der Waals surface area contributed by atoms with Gasteiger partial charge in [0.2, 0.25) is 0 Å². The van der Waals surface area contributed by atoms with Gasteiger partial charge in [0.15, 0.2) is 0 Å². The number of pyridine rings is 3. The lowest BCUT2D eigenvalue weighted by atomic mass is 10.0. The van der Waals surface area contributed by atoms with Gasteiger partial charge in [-0.2, -0.15) is 0 Å². The molecule has 184 valence electrons. The van der Waals surface area contributed by atoms with Crippen molar-refractivity contribution in [3.8, 4) is 11.3 Å². The first-order valence-corrected chi connectivity index (χ1v) is 12.3. The molecule has 0 N–H and O–H groups in total. The van der Waals surface area contributed by atoms with Crippen LogP contribution in [0.2, 0.25) is 0 Å². The summed E-state index contributed by atoms with van der Waals surface area (Å²) in [7, 11) is 1.74. The van der Waals surface area contributed by atoms with Crippen LogP contribution in [0.15, 0.2) is 53.4 Å². The highest BCUT2D eigenvalue weighted by atomic mass is 16.5. The molecule has 2 atom stereocenters. The van der Waals surface area contributed by atoms with Gasteiger partial charge in [-0.3, -0.25) is 9.78 Å². The molecule has 0 aliphatic carbocycles. The van der Waals surface area contributed by atoms with Crippen molar-refractivity contribution in [2.75, 3.05) is 25.1 Å². The number of aromatic nitrogens is 4. The molecule has 0 unspecified atom stereocenters. The molecule has 9 nitrogen and oxygen atoms in total. The van der Waals surface area contributed by atoms with E-state index in [9.17, 15) is 4.79 Å². The lowest BCUT2D eigenvalue weighted by Gasteiger charge is -2.27. The highest BCUT2D eigenvalue weighted by Gasteiger charge is 2.39. The lowest BCUT2D eigenvalue weighted by Crippen LogP contribution is -2.40. The molecular formula is C27H28N6O3. The molecule has 1 saturated heterocycles. The smallest absolute Gasteiger partial charge is 0.259 e. The number of ether oxygens (including phenoxy) is 1. The summed E-state index contributed by atoms with van der Waals surface area (Å²) in [4.78, 5) is 32.1. The number of rotatable bonds is 4. The van der Waals surface area contributed by atoms with Gasteiger partial charge in [-0.1, -0.05) is 25.1 Å². The van der Waals surface area contributed by atoms with Crippen LogP contribution < -0.4 is 4.90 Å². The number of anilines is 1. The van der Waals surface area contributed by atoms with E-state index in [4.69, 9.17) is 14.2 Å². The number of amides is 1. The Morgan fingerprint density at radius 2 is 2.06 bits per heavy atom. The second-order valence-electron chi connectivity index (χ2n) is 9.77. The molecule has 0 radical (unpaired) electrons. The summed E-state index contributed by atoms with van der Waals surface area (Å²) in [5.74, 6) is 0.932. The summed E-state index contributed by atoms with van der Waals surface area (Å²) in [6.07, 6.45) is 6.20. The van der Waals surface area contributed by atoms with E-state index in [1.54, 1.807) is 19.5 Å². The van der Waals surface area contributed by atoms with Gasteiger partial charge in [0.1, 0.15) is 5.82 Å². The van der Waals surface area contributed by atoms with Crippen LogP contribution in [0, 0.1) is 0 Å². The zero-order valence-corrected chi connectivity index (χ0v) is 20.6. The maximum Gasteiger partial charge on any atom is 0.259 e. The molecule has 6 rings (SSSR count). The predicted molar refractivity (Wildman–Crippen MR) is 135 cm³/mol. The predicted octanol–water partition coefficient (Wildman–Crippen LogP) is 4.05. The third-order valence-electron chi connectivity index (χ3n) is 7.14. The fourth-order valence-corrected chi connectivity index (χ4v) is 5.34. The van der Waals surface area contributed by atoms with E-state index in [1.807, 2.05) is 55.3 Å². The van der Waals surface area contributed by atoms with Gasteiger partial charge in [0, 0.05) is 56.5 Å². The van der Waals surface area contributed by atoms with Gasteiger partial charge < -0.3 is 19.1 Å². The molecule has 0 spiro atoms. The van der Waals surface area contributed by atoms with Crippen molar-refractivity contribution in [2.45, 2.75) is 44.9 Å². The Balaban J connectivity index is 1.47. The Morgan fingerprint density at radius 1 is 1.19 bits per heavy atom. The molecule has 4 aromatic rings. The van der Waals surface area contributed by atoms with E-state index in [0.29, 0.717) is 35.4 Å². The SMILES string of the molecule is CO[C@@H]1C[C@@H]2CN(C(=O)c3cc(-c4cccnc4)nc4onc(C(C)C)c34)Cc3cccnc3N2C1. The molecule has 0 aromatic carbocycles. The quantitative estimate of drug-likeness (QED) is 0.428. The van der Waals surface area contributed by atoms with Crippen molar-refractivity contribution < 1.29 is 14.1 Å². The van der Waals surface area contributed by atoms with Crippen LogP contribution in [0.4, 0.5) is 5.82 Å². The Labute approximate surface area is 209 Å². The van der Waals surface area contributed by atoms with Gasteiger partial charge in [-0.15, -0.1) is 0 Å². The molecule has 2 aliphatic heterocycles. The van der Waals surface area contributed by atoms with Gasteiger partial charge >= 0.3 is 0 Å². The molecule has 36 heavy (non-hydrogen) atoms. The largest absolute Gasteiger partial charge is 0.380 e. The molecule has 0 saturated carbocycles. The number of methoxy groups -OCH3 is 1. The Kier molecular flexibility index (Phi) is 5.64. The highest BCUT2D eigenvalue weighted by molar-refractivity contribution is 6.07. The first-order valence-electron chi connectivity index (χ1n) is 12.3. The van der Waals surface area contributed by atoms with Crippen molar-refractivity contribution in [1.82, 2.24) is 25.0 Å².